The van der Waals surface area contributed by atoms with Crippen molar-refractivity contribution in [3.8, 4) is 16.9 Å². The van der Waals surface area contributed by atoms with Crippen LogP contribution in [-0.2, 0) is 29.7 Å². The van der Waals surface area contributed by atoms with Crippen molar-refractivity contribution in [3.63, 3.8) is 0 Å². The van der Waals surface area contributed by atoms with Gasteiger partial charge in [-0.05, 0) is 60.9 Å². The molecule has 4 aromatic rings. The summed E-state index contributed by atoms with van der Waals surface area (Å²) in [5.74, 6) is 0. The molecule has 2 aromatic carbocycles. The van der Waals surface area contributed by atoms with Gasteiger partial charge in [-0.3, -0.25) is 4.79 Å². The molecule has 2 aromatic heterocycles. The lowest BCUT2D eigenvalue weighted by molar-refractivity contribution is 0.592. The number of rotatable bonds is 3. The maximum Gasteiger partial charge on any atom is 0.269 e. The van der Waals surface area contributed by atoms with Crippen molar-refractivity contribution in [2.45, 2.75) is 22.6 Å². The molecule has 1 aliphatic carbocycles. The maximum absolute atomic E-state index is 13.1. The van der Waals surface area contributed by atoms with Crippen LogP contribution in [0.3, 0.4) is 0 Å². The van der Waals surface area contributed by atoms with Gasteiger partial charge < -0.3 is 4.57 Å². The van der Waals surface area contributed by atoms with Crippen LogP contribution in [0.25, 0.3) is 16.9 Å². The Morgan fingerprint density at radius 3 is 2.42 bits per heavy atom. The van der Waals surface area contributed by atoms with Gasteiger partial charge in [-0.2, -0.15) is 5.10 Å². The molecule has 5 rings (SSSR count). The summed E-state index contributed by atoms with van der Waals surface area (Å²) in [4.78, 5) is 13.0. The third-order valence-corrected chi connectivity index (χ3v) is 7.65. The summed E-state index contributed by atoms with van der Waals surface area (Å²) >= 11 is 6.00. The van der Waals surface area contributed by atoms with Crippen LogP contribution in [0, 0.1) is 0 Å². The Hall–Kier alpha value is -3.16. The molecule has 0 amide bonds. The van der Waals surface area contributed by atoms with Gasteiger partial charge in [-0.25, -0.2) is 13.1 Å². The van der Waals surface area contributed by atoms with E-state index in [0.717, 1.165) is 22.5 Å². The van der Waals surface area contributed by atoms with Crippen molar-refractivity contribution < 1.29 is 8.42 Å². The first kappa shape index (κ1) is 19.8. The Morgan fingerprint density at radius 2 is 1.71 bits per heavy atom. The fraction of sp³-hybridized carbons (Fsp3) is 0.130. The van der Waals surface area contributed by atoms with E-state index in [1.807, 2.05) is 16.8 Å². The van der Waals surface area contributed by atoms with Crippen molar-refractivity contribution >= 4 is 21.4 Å². The Kier molecular flexibility index (Phi) is 4.60. The molecule has 0 fully saturated rings. The second kappa shape index (κ2) is 7.21. The second-order valence-electron chi connectivity index (χ2n) is 7.46. The fourth-order valence-electron chi connectivity index (χ4n) is 4.10. The molecule has 6 nitrogen and oxygen atoms in total. The highest BCUT2D eigenvalue weighted by Crippen LogP contribution is 2.35. The number of hydrogen-bond acceptors (Lipinski definition) is 4. The molecular formula is C23H18ClN3O3S. The number of benzene rings is 2. The second-order valence-corrected chi connectivity index (χ2v) is 9.81. The van der Waals surface area contributed by atoms with Gasteiger partial charge in [0.25, 0.3) is 5.56 Å². The number of pyridine rings is 1. The number of halogens is 1. The Balaban J connectivity index is 1.67. The van der Waals surface area contributed by atoms with Gasteiger partial charge in [0.05, 0.1) is 28.2 Å². The minimum Gasteiger partial charge on any atom is -0.310 e. The van der Waals surface area contributed by atoms with Gasteiger partial charge in [-0.1, -0.05) is 29.8 Å². The topological polar surface area (TPSA) is 74.0 Å². The average Bonchev–Trinajstić information content (AvgIpc) is 3.21. The number of sulfone groups is 1. The van der Waals surface area contributed by atoms with Crippen molar-refractivity contribution in [2.75, 3.05) is 0 Å². The van der Waals surface area contributed by atoms with E-state index in [0.29, 0.717) is 23.6 Å². The van der Waals surface area contributed by atoms with Crippen LogP contribution in [0.15, 0.2) is 81.4 Å². The molecule has 0 aliphatic heterocycles. The molecule has 0 unspecified atom stereocenters. The minimum absolute atomic E-state index is 0.110. The number of nitrogens with zero attached hydrogens (tertiary/aromatic N) is 3. The zero-order valence-electron chi connectivity index (χ0n) is 16.6. The zero-order chi connectivity index (χ0) is 21.8. The normalized spacial score (nSPS) is 13.0. The van der Waals surface area contributed by atoms with Crippen LogP contribution in [0.5, 0.6) is 0 Å². The standard InChI is InChI=1S/C23H18ClN3O3S/c1-26-22-15(13-21(23(26)28)31(29,30)18-5-3-2-4-6-18)7-12-20-19(22)14-25-27(20)17-10-8-16(24)9-11-17/h2-6,8-11,13-14H,7,12H2,1H3. The Morgan fingerprint density at radius 1 is 1.00 bits per heavy atom. The molecule has 31 heavy (non-hydrogen) atoms. The van der Waals surface area contributed by atoms with Gasteiger partial charge in [0, 0.05) is 17.6 Å². The van der Waals surface area contributed by atoms with Gasteiger partial charge >= 0.3 is 0 Å². The number of aromatic nitrogens is 3. The highest BCUT2D eigenvalue weighted by atomic mass is 35.5. The van der Waals surface area contributed by atoms with Crippen LogP contribution >= 0.6 is 11.6 Å². The maximum atomic E-state index is 13.1. The predicted octanol–water partition coefficient (Wildman–Crippen LogP) is 3.82. The minimum atomic E-state index is -3.91. The molecule has 8 heteroatoms. The molecule has 0 saturated heterocycles. The largest absolute Gasteiger partial charge is 0.310 e. The molecular weight excluding hydrogens is 434 g/mol. The molecule has 156 valence electrons. The highest BCUT2D eigenvalue weighted by Gasteiger charge is 2.29. The SMILES string of the molecule is Cn1c2c(cc(S(=O)(=O)c3ccccc3)c1=O)CCc1c-2cnn1-c1ccc(Cl)cc1. The van der Waals surface area contributed by atoms with Crippen LogP contribution in [0.1, 0.15) is 11.3 Å². The molecule has 2 heterocycles. The van der Waals surface area contributed by atoms with Crippen molar-refractivity contribution in [1.82, 2.24) is 14.3 Å². The van der Waals surface area contributed by atoms with Gasteiger partial charge in [0.15, 0.2) is 0 Å². The fourth-order valence-corrected chi connectivity index (χ4v) is 5.66. The summed E-state index contributed by atoms with van der Waals surface area (Å²) in [6.07, 6.45) is 3.01. The molecule has 0 atom stereocenters. The number of fused-ring (bicyclic) bond motifs is 3. The first-order valence-electron chi connectivity index (χ1n) is 9.74. The van der Waals surface area contributed by atoms with Crippen LogP contribution in [0.4, 0.5) is 0 Å². The van der Waals surface area contributed by atoms with Crippen LogP contribution < -0.4 is 5.56 Å². The van der Waals surface area contributed by atoms with Crippen molar-refractivity contribution in [3.05, 3.63) is 93.5 Å². The summed E-state index contributed by atoms with van der Waals surface area (Å²) in [6.45, 7) is 0. The average molecular weight is 452 g/mol. The summed E-state index contributed by atoms with van der Waals surface area (Å²) in [7, 11) is -2.30. The summed E-state index contributed by atoms with van der Waals surface area (Å²) in [6, 6.07) is 17.0. The van der Waals surface area contributed by atoms with E-state index in [1.54, 1.807) is 43.6 Å². The van der Waals surface area contributed by atoms with E-state index in [4.69, 9.17) is 11.6 Å². The molecule has 0 radical (unpaired) electrons. The first-order chi connectivity index (χ1) is 14.9. The Labute approximate surface area is 184 Å². The summed E-state index contributed by atoms with van der Waals surface area (Å²) in [5, 5.41) is 5.17. The summed E-state index contributed by atoms with van der Waals surface area (Å²) in [5.41, 5.74) is 3.67. The third-order valence-electron chi connectivity index (χ3n) is 5.63. The van der Waals surface area contributed by atoms with Crippen molar-refractivity contribution in [2.24, 2.45) is 7.05 Å². The van der Waals surface area contributed by atoms with E-state index >= 15 is 0 Å². The highest BCUT2D eigenvalue weighted by molar-refractivity contribution is 7.91. The smallest absolute Gasteiger partial charge is 0.269 e. The first-order valence-corrected chi connectivity index (χ1v) is 11.6. The zero-order valence-corrected chi connectivity index (χ0v) is 18.2. The lowest BCUT2D eigenvalue weighted by atomic mass is 9.93. The molecule has 0 saturated carbocycles. The van der Waals surface area contributed by atoms with Crippen LogP contribution in [-0.4, -0.2) is 22.8 Å². The monoisotopic (exact) mass is 451 g/mol. The van der Waals surface area contributed by atoms with Crippen LogP contribution in [0.2, 0.25) is 5.02 Å². The van der Waals surface area contributed by atoms with E-state index in [2.05, 4.69) is 5.10 Å². The predicted molar refractivity (Wildman–Crippen MR) is 119 cm³/mol. The van der Waals surface area contributed by atoms with E-state index in [9.17, 15) is 13.2 Å². The van der Waals surface area contributed by atoms with Crippen molar-refractivity contribution in [1.29, 1.82) is 0 Å². The molecule has 1 aliphatic rings. The van der Waals surface area contributed by atoms with Gasteiger partial charge in [-0.15, -0.1) is 0 Å². The van der Waals surface area contributed by atoms with Gasteiger partial charge in [0.2, 0.25) is 9.84 Å². The van der Waals surface area contributed by atoms with E-state index in [1.165, 1.54) is 22.8 Å². The number of aryl methyl sites for hydroxylation is 1. The molecule has 0 bridgehead atoms. The third kappa shape index (κ3) is 3.12. The molecule has 0 spiro atoms. The summed E-state index contributed by atoms with van der Waals surface area (Å²) < 4.78 is 29.5. The number of hydrogen-bond donors (Lipinski definition) is 0. The van der Waals surface area contributed by atoms with E-state index in [-0.39, 0.29) is 9.79 Å². The lowest BCUT2D eigenvalue weighted by Gasteiger charge is -2.21. The molecule has 0 N–H and O–H groups in total. The van der Waals surface area contributed by atoms with E-state index < -0.39 is 15.4 Å². The lowest BCUT2D eigenvalue weighted by Crippen LogP contribution is -2.28. The Bertz CT molecular complexity index is 1470. The quantitative estimate of drug-likeness (QED) is 0.474. The van der Waals surface area contributed by atoms with Gasteiger partial charge in [0.1, 0.15) is 4.90 Å².